The molecule has 0 radical (unpaired) electrons. The number of hydrogen-bond acceptors (Lipinski definition) is 8. The summed E-state index contributed by atoms with van der Waals surface area (Å²) in [6.07, 6.45) is 0.620. The predicted molar refractivity (Wildman–Crippen MR) is 106 cm³/mol. The van der Waals surface area contributed by atoms with E-state index in [2.05, 4.69) is 5.32 Å². The number of rotatable bonds is 8. The number of likely N-dealkylation sites (tertiary alicyclic amines) is 1. The summed E-state index contributed by atoms with van der Waals surface area (Å²) >= 11 is 0. The van der Waals surface area contributed by atoms with Gasteiger partial charge in [0.1, 0.15) is 28.7 Å². The second-order valence-corrected chi connectivity index (χ2v) is 7.84. The van der Waals surface area contributed by atoms with E-state index in [4.69, 9.17) is 20.9 Å². The van der Waals surface area contributed by atoms with Gasteiger partial charge < -0.3 is 36.3 Å². The fraction of sp³-hybridized carbons (Fsp3) is 0.500. The van der Waals surface area contributed by atoms with Crippen molar-refractivity contribution in [2.45, 2.75) is 31.3 Å². The number of primary amides is 1. The summed E-state index contributed by atoms with van der Waals surface area (Å²) < 4.78 is 11.2. The van der Waals surface area contributed by atoms with Gasteiger partial charge in [0, 0.05) is 19.6 Å². The van der Waals surface area contributed by atoms with Crippen LogP contribution in [0.5, 0.6) is 11.5 Å². The quantitative estimate of drug-likeness (QED) is 0.303. The molecule has 30 heavy (non-hydrogen) atoms. The smallest absolute Gasteiger partial charge is 0.522 e. The molecule has 0 bridgehead atoms. The van der Waals surface area contributed by atoms with Crippen molar-refractivity contribution in [2.75, 3.05) is 26.2 Å². The van der Waals surface area contributed by atoms with Gasteiger partial charge in [-0.15, -0.1) is 0 Å². The van der Waals surface area contributed by atoms with Crippen molar-refractivity contribution in [2.24, 2.45) is 11.5 Å². The van der Waals surface area contributed by atoms with Crippen LogP contribution < -0.4 is 26.2 Å². The molecule has 0 aliphatic carbocycles. The summed E-state index contributed by atoms with van der Waals surface area (Å²) in [5.74, 6) is -2.06. The molecule has 2 aliphatic rings. The molecule has 7 N–H and O–H groups in total. The minimum atomic E-state index is -1.23. The third kappa shape index (κ3) is 4.83. The maximum absolute atomic E-state index is 12.1. The molecule has 0 aromatic heterocycles. The van der Waals surface area contributed by atoms with Gasteiger partial charge in [-0.1, -0.05) is 6.07 Å². The van der Waals surface area contributed by atoms with E-state index in [0.29, 0.717) is 31.4 Å². The molecule has 12 heteroatoms. The first-order valence-corrected chi connectivity index (χ1v) is 9.55. The molecule has 2 heterocycles. The van der Waals surface area contributed by atoms with Crippen LogP contribution in [0.15, 0.2) is 12.1 Å². The molecule has 1 fully saturated rings. The number of carbonyl (C=O) groups excluding carboxylic acids is 2. The molecule has 0 spiro atoms. The summed E-state index contributed by atoms with van der Waals surface area (Å²) in [5.41, 5.74) is 10.4. The van der Waals surface area contributed by atoms with Gasteiger partial charge in [0.15, 0.2) is 0 Å². The fourth-order valence-electron chi connectivity index (χ4n) is 3.53. The number of benzene rings is 1. The summed E-state index contributed by atoms with van der Waals surface area (Å²) in [6.45, 7) is 2.37. The Labute approximate surface area is 173 Å². The largest absolute Gasteiger partial charge is 0.535 e. The highest BCUT2D eigenvalue weighted by atomic mass is 16.5. The molecule has 1 saturated heterocycles. The Kier molecular flexibility index (Phi) is 6.20. The zero-order valence-corrected chi connectivity index (χ0v) is 16.6. The monoisotopic (exact) mass is 420 g/mol. The summed E-state index contributed by atoms with van der Waals surface area (Å²) in [4.78, 5) is 36.6. The lowest BCUT2D eigenvalue weighted by atomic mass is 9.78. The molecule has 162 valence electrons. The van der Waals surface area contributed by atoms with E-state index in [1.165, 1.54) is 0 Å². The van der Waals surface area contributed by atoms with E-state index in [9.17, 15) is 24.5 Å². The standard InChI is InChI=1S/C18H25BN4O7/c1-18(21,17(27)22-6-13(20)24)9-23-7-11(8-23)29-12-3-2-10-4-5-19(28)30-15(10)14(12)16(25)26/h2-3,11,28H,4-9,21H2,1H3,(H2,20,24)(H,22,27)(H,25,26)/t18-/m1/s1. The predicted octanol–water partition coefficient (Wildman–Crippen LogP) is -1.82. The number of ether oxygens (including phenoxy) is 1. The number of carboxylic acids is 1. The number of aromatic carboxylic acids is 1. The van der Waals surface area contributed by atoms with E-state index < -0.39 is 30.4 Å². The van der Waals surface area contributed by atoms with Crippen LogP contribution in [0.2, 0.25) is 6.32 Å². The Bertz CT molecular complexity index is 857. The average Bonchev–Trinajstić information content (AvgIpc) is 2.63. The highest BCUT2D eigenvalue weighted by Gasteiger charge is 2.38. The van der Waals surface area contributed by atoms with Crippen LogP contribution in [0.25, 0.3) is 0 Å². The zero-order valence-electron chi connectivity index (χ0n) is 16.6. The molecule has 2 aliphatic heterocycles. The van der Waals surface area contributed by atoms with E-state index in [0.717, 1.165) is 0 Å². The maximum Gasteiger partial charge on any atom is 0.522 e. The minimum Gasteiger partial charge on any atom is -0.535 e. The Morgan fingerprint density at radius 1 is 1.40 bits per heavy atom. The van der Waals surface area contributed by atoms with Crippen molar-refractivity contribution in [1.82, 2.24) is 10.2 Å². The number of nitrogens with one attached hydrogen (secondary N) is 1. The lowest BCUT2D eigenvalue weighted by molar-refractivity contribution is -0.129. The third-order valence-electron chi connectivity index (χ3n) is 5.04. The normalized spacial score (nSPS) is 18.4. The van der Waals surface area contributed by atoms with Crippen LogP contribution in [0.4, 0.5) is 0 Å². The van der Waals surface area contributed by atoms with Crippen LogP contribution in [-0.2, 0) is 16.0 Å². The molecule has 1 atom stereocenters. The third-order valence-corrected chi connectivity index (χ3v) is 5.04. The van der Waals surface area contributed by atoms with Crippen LogP contribution in [0.3, 0.4) is 0 Å². The number of amides is 2. The molecule has 1 aromatic rings. The highest BCUT2D eigenvalue weighted by molar-refractivity contribution is 6.44. The summed E-state index contributed by atoms with van der Waals surface area (Å²) in [7, 11) is -1.05. The van der Waals surface area contributed by atoms with Crippen molar-refractivity contribution in [3.05, 3.63) is 23.3 Å². The first kappa shape index (κ1) is 21.9. The summed E-state index contributed by atoms with van der Waals surface area (Å²) in [6, 6.07) is 3.33. The minimum absolute atomic E-state index is 0.112. The second-order valence-electron chi connectivity index (χ2n) is 7.84. The van der Waals surface area contributed by atoms with Gasteiger partial charge in [0.2, 0.25) is 11.8 Å². The number of fused-ring (bicyclic) bond motifs is 1. The van der Waals surface area contributed by atoms with Gasteiger partial charge >= 0.3 is 13.1 Å². The number of nitrogens with zero attached hydrogens (tertiary/aromatic N) is 1. The molecular weight excluding hydrogens is 395 g/mol. The molecule has 3 rings (SSSR count). The Hall–Kier alpha value is -2.83. The number of nitrogens with two attached hydrogens (primary N) is 2. The zero-order chi connectivity index (χ0) is 22.1. The number of carboxylic acid groups (broad SMARTS) is 1. The van der Waals surface area contributed by atoms with E-state index in [1.807, 2.05) is 4.90 Å². The van der Waals surface area contributed by atoms with Crippen molar-refractivity contribution < 1.29 is 33.9 Å². The van der Waals surface area contributed by atoms with E-state index in [-0.39, 0.29) is 36.3 Å². The molecule has 0 unspecified atom stereocenters. The van der Waals surface area contributed by atoms with Crippen molar-refractivity contribution >= 4 is 24.9 Å². The number of carbonyl (C=O) groups is 3. The lowest BCUT2D eigenvalue weighted by Gasteiger charge is -2.42. The van der Waals surface area contributed by atoms with Gasteiger partial charge in [-0.2, -0.15) is 0 Å². The van der Waals surface area contributed by atoms with E-state index >= 15 is 0 Å². The first-order valence-electron chi connectivity index (χ1n) is 9.55. The van der Waals surface area contributed by atoms with Gasteiger partial charge in [-0.05, 0) is 31.3 Å². The molecule has 1 aromatic carbocycles. The number of hydrogen-bond donors (Lipinski definition) is 5. The highest BCUT2D eigenvalue weighted by Crippen LogP contribution is 2.37. The van der Waals surface area contributed by atoms with Crippen LogP contribution in [-0.4, -0.2) is 77.8 Å². The Balaban J connectivity index is 1.60. The van der Waals surface area contributed by atoms with Crippen molar-refractivity contribution in [1.29, 1.82) is 0 Å². The molecular formula is C18H25BN4O7. The van der Waals surface area contributed by atoms with Crippen LogP contribution >= 0.6 is 0 Å². The Morgan fingerprint density at radius 2 is 2.10 bits per heavy atom. The second kappa shape index (κ2) is 8.50. The van der Waals surface area contributed by atoms with Crippen LogP contribution in [0, 0.1) is 0 Å². The van der Waals surface area contributed by atoms with Crippen LogP contribution in [0.1, 0.15) is 22.8 Å². The van der Waals surface area contributed by atoms with Crippen molar-refractivity contribution in [3.8, 4) is 11.5 Å². The SMILES string of the molecule is C[C@@](N)(CN1CC(Oc2ccc3c(c2C(=O)O)OB(O)CC3)C1)C(=O)NCC(N)=O. The van der Waals surface area contributed by atoms with Gasteiger partial charge in [0.05, 0.1) is 6.54 Å². The molecule has 0 saturated carbocycles. The van der Waals surface area contributed by atoms with E-state index in [1.54, 1.807) is 19.1 Å². The summed E-state index contributed by atoms with van der Waals surface area (Å²) in [5, 5.41) is 21.7. The maximum atomic E-state index is 12.1. The topological polar surface area (TPSA) is 177 Å². The van der Waals surface area contributed by atoms with Crippen molar-refractivity contribution in [3.63, 3.8) is 0 Å². The molecule has 2 amide bonds. The number of aryl methyl sites for hydroxylation is 1. The lowest BCUT2D eigenvalue weighted by Crippen LogP contribution is -2.64. The van der Waals surface area contributed by atoms with Gasteiger partial charge in [0.25, 0.3) is 0 Å². The van der Waals surface area contributed by atoms with Gasteiger partial charge in [-0.3, -0.25) is 14.5 Å². The molecule has 11 nitrogen and oxygen atoms in total. The first-order chi connectivity index (χ1) is 14.1. The average molecular weight is 420 g/mol. The fourth-order valence-corrected chi connectivity index (χ4v) is 3.53. The Morgan fingerprint density at radius 3 is 2.73 bits per heavy atom. The van der Waals surface area contributed by atoms with Gasteiger partial charge in [-0.25, -0.2) is 4.79 Å².